The number of aryl methyl sites for hydroxylation is 2. The van der Waals surface area contributed by atoms with Crippen LogP contribution in [-0.4, -0.2) is 9.97 Å². The molecule has 2 N–H and O–H groups in total. The summed E-state index contributed by atoms with van der Waals surface area (Å²) in [6.45, 7) is 4.22. The number of rotatable bonds is 3. The molecule has 20 heavy (non-hydrogen) atoms. The molecule has 3 rings (SSSR count). The van der Waals surface area contributed by atoms with Gasteiger partial charge in [-0.05, 0) is 31.4 Å². The van der Waals surface area contributed by atoms with Crippen LogP contribution in [-0.2, 0) is 6.54 Å². The minimum Gasteiger partial charge on any atom is -0.444 e. The van der Waals surface area contributed by atoms with Crippen molar-refractivity contribution in [3.05, 3.63) is 58.0 Å². The molecule has 0 atom stereocenters. The van der Waals surface area contributed by atoms with Gasteiger partial charge in [-0.15, -0.1) is 0 Å². The minimum absolute atomic E-state index is 0.106. The molecule has 0 unspecified atom stereocenters. The van der Waals surface area contributed by atoms with E-state index >= 15 is 0 Å². The third-order valence-corrected chi connectivity index (χ3v) is 3.26. The van der Waals surface area contributed by atoms with E-state index in [1.165, 1.54) is 0 Å². The van der Waals surface area contributed by atoms with Crippen LogP contribution in [0.5, 0.6) is 0 Å². The normalized spacial score (nSPS) is 10.9. The van der Waals surface area contributed by atoms with Crippen molar-refractivity contribution in [2.24, 2.45) is 0 Å². The van der Waals surface area contributed by atoms with E-state index < -0.39 is 0 Å². The Morgan fingerprint density at radius 2 is 2.10 bits per heavy atom. The number of aromatic amines is 1. The van der Waals surface area contributed by atoms with Crippen molar-refractivity contribution in [1.29, 1.82) is 0 Å². The lowest BCUT2D eigenvalue weighted by Gasteiger charge is -2.05. The largest absolute Gasteiger partial charge is 0.444 e. The molecule has 0 radical (unpaired) electrons. The number of nitrogens with zero attached hydrogens (tertiary/aromatic N) is 1. The maximum Gasteiger partial charge on any atom is 0.257 e. The third kappa shape index (κ3) is 2.30. The fraction of sp³-hybridized carbons (Fsp3) is 0.200. The molecule has 2 aromatic heterocycles. The van der Waals surface area contributed by atoms with Crippen LogP contribution in [0.25, 0.3) is 10.8 Å². The highest BCUT2D eigenvalue weighted by molar-refractivity contribution is 5.83. The molecule has 0 amide bonds. The van der Waals surface area contributed by atoms with Crippen LogP contribution in [0.1, 0.15) is 17.3 Å². The zero-order chi connectivity index (χ0) is 14.1. The highest BCUT2D eigenvalue weighted by Crippen LogP contribution is 2.14. The van der Waals surface area contributed by atoms with Crippen LogP contribution < -0.4 is 10.9 Å². The molecule has 0 fully saturated rings. The lowest BCUT2D eigenvalue weighted by molar-refractivity contribution is 0.478. The van der Waals surface area contributed by atoms with Gasteiger partial charge in [0.25, 0.3) is 5.56 Å². The Bertz CT molecular complexity index is 798. The first-order chi connectivity index (χ1) is 9.63. The first kappa shape index (κ1) is 12.5. The van der Waals surface area contributed by atoms with Crippen molar-refractivity contribution in [3.8, 4) is 0 Å². The third-order valence-electron chi connectivity index (χ3n) is 3.26. The number of aromatic nitrogens is 2. The van der Waals surface area contributed by atoms with Gasteiger partial charge in [0.15, 0.2) is 0 Å². The Labute approximate surface area is 115 Å². The Balaban J connectivity index is 1.86. The molecule has 0 aliphatic heterocycles. The molecular formula is C15H15N3O2. The van der Waals surface area contributed by atoms with Gasteiger partial charge in [0, 0.05) is 5.39 Å². The molecule has 0 saturated carbocycles. The molecule has 0 spiro atoms. The number of hydrogen-bond donors (Lipinski definition) is 2. The van der Waals surface area contributed by atoms with Crippen molar-refractivity contribution >= 4 is 16.6 Å². The molecule has 0 saturated heterocycles. The molecule has 0 aliphatic rings. The quantitative estimate of drug-likeness (QED) is 0.767. The second kappa shape index (κ2) is 4.85. The number of fused-ring (bicyclic) bond motifs is 1. The van der Waals surface area contributed by atoms with E-state index in [1.54, 1.807) is 6.07 Å². The standard InChI is InChI=1S/C15H15N3O2/c1-9-10(2)20-14(17-9)8-16-13-7-11-5-3-4-6-12(11)15(19)18-13/h3-7H,8H2,1-2H3,(H2,16,18,19). The Hall–Kier alpha value is -2.56. The van der Waals surface area contributed by atoms with E-state index in [1.807, 2.05) is 38.1 Å². The highest BCUT2D eigenvalue weighted by atomic mass is 16.4. The number of nitrogens with one attached hydrogen (secondary N) is 2. The van der Waals surface area contributed by atoms with Gasteiger partial charge in [0.05, 0.1) is 12.2 Å². The van der Waals surface area contributed by atoms with Crippen molar-refractivity contribution in [3.63, 3.8) is 0 Å². The molecule has 1 aromatic carbocycles. The van der Waals surface area contributed by atoms with Crippen molar-refractivity contribution < 1.29 is 4.42 Å². The molecule has 2 heterocycles. The van der Waals surface area contributed by atoms with E-state index in [0.29, 0.717) is 23.6 Å². The molecule has 0 bridgehead atoms. The summed E-state index contributed by atoms with van der Waals surface area (Å²) < 4.78 is 5.49. The van der Waals surface area contributed by atoms with Crippen molar-refractivity contribution in [2.45, 2.75) is 20.4 Å². The summed E-state index contributed by atoms with van der Waals surface area (Å²) in [5.74, 6) is 2.07. The SMILES string of the molecule is Cc1nc(CNc2cc3ccccc3c(=O)[nH]2)oc1C. The van der Waals surface area contributed by atoms with Crippen LogP contribution >= 0.6 is 0 Å². The summed E-state index contributed by atoms with van der Waals surface area (Å²) in [4.78, 5) is 19.0. The summed E-state index contributed by atoms with van der Waals surface area (Å²) in [5.41, 5.74) is 0.777. The van der Waals surface area contributed by atoms with E-state index in [0.717, 1.165) is 16.8 Å². The van der Waals surface area contributed by atoms with Crippen LogP contribution in [0.3, 0.4) is 0 Å². The van der Waals surface area contributed by atoms with Gasteiger partial charge >= 0.3 is 0 Å². The van der Waals surface area contributed by atoms with Crippen LogP contribution in [0.4, 0.5) is 5.82 Å². The second-order valence-electron chi connectivity index (χ2n) is 4.70. The fourth-order valence-corrected chi connectivity index (χ4v) is 2.09. The Morgan fingerprint density at radius 3 is 2.85 bits per heavy atom. The van der Waals surface area contributed by atoms with Gasteiger partial charge in [-0.25, -0.2) is 4.98 Å². The molecule has 0 aliphatic carbocycles. The van der Waals surface area contributed by atoms with Crippen LogP contribution in [0.2, 0.25) is 0 Å². The molecule has 5 nitrogen and oxygen atoms in total. The zero-order valence-corrected chi connectivity index (χ0v) is 11.4. The predicted molar refractivity (Wildman–Crippen MR) is 77.9 cm³/mol. The summed E-state index contributed by atoms with van der Waals surface area (Å²) >= 11 is 0. The van der Waals surface area contributed by atoms with E-state index in [4.69, 9.17) is 4.42 Å². The fourth-order valence-electron chi connectivity index (χ4n) is 2.09. The van der Waals surface area contributed by atoms with E-state index in [9.17, 15) is 4.79 Å². The Morgan fingerprint density at radius 1 is 1.30 bits per heavy atom. The van der Waals surface area contributed by atoms with Gasteiger partial charge in [-0.2, -0.15) is 0 Å². The average molecular weight is 269 g/mol. The first-order valence-corrected chi connectivity index (χ1v) is 6.42. The summed E-state index contributed by atoms with van der Waals surface area (Å²) in [7, 11) is 0. The number of anilines is 1. The first-order valence-electron chi connectivity index (χ1n) is 6.42. The van der Waals surface area contributed by atoms with Gasteiger partial charge in [0.2, 0.25) is 5.89 Å². The van der Waals surface area contributed by atoms with Gasteiger partial charge in [-0.1, -0.05) is 18.2 Å². The molecule has 102 valence electrons. The Kier molecular flexibility index (Phi) is 3.02. The summed E-state index contributed by atoms with van der Waals surface area (Å²) in [6, 6.07) is 9.38. The van der Waals surface area contributed by atoms with Gasteiger partial charge in [0.1, 0.15) is 11.6 Å². The minimum atomic E-state index is -0.106. The lowest BCUT2D eigenvalue weighted by atomic mass is 10.2. The second-order valence-corrected chi connectivity index (χ2v) is 4.70. The van der Waals surface area contributed by atoms with Crippen LogP contribution in [0.15, 0.2) is 39.5 Å². The van der Waals surface area contributed by atoms with Crippen molar-refractivity contribution in [1.82, 2.24) is 9.97 Å². The molecular weight excluding hydrogens is 254 g/mol. The van der Waals surface area contributed by atoms with Gasteiger partial charge in [-0.3, -0.25) is 4.79 Å². The van der Waals surface area contributed by atoms with Crippen molar-refractivity contribution in [2.75, 3.05) is 5.32 Å². The summed E-state index contributed by atoms with van der Waals surface area (Å²) in [5, 5.41) is 4.71. The number of oxazole rings is 1. The molecule has 5 heteroatoms. The topological polar surface area (TPSA) is 70.9 Å². The van der Waals surface area contributed by atoms with E-state index in [2.05, 4.69) is 15.3 Å². The number of benzene rings is 1. The smallest absolute Gasteiger partial charge is 0.257 e. The monoisotopic (exact) mass is 269 g/mol. The predicted octanol–water partition coefficient (Wildman–Crippen LogP) is 2.75. The van der Waals surface area contributed by atoms with Gasteiger partial charge < -0.3 is 14.7 Å². The lowest BCUT2D eigenvalue weighted by Crippen LogP contribution is -2.10. The zero-order valence-electron chi connectivity index (χ0n) is 11.4. The maximum atomic E-state index is 11.9. The number of pyridine rings is 1. The summed E-state index contributed by atoms with van der Waals surface area (Å²) in [6.07, 6.45) is 0. The maximum absolute atomic E-state index is 11.9. The average Bonchev–Trinajstić information content (AvgIpc) is 2.76. The van der Waals surface area contributed by atoms with Crippen LogP contribution in [0, 0.1) is 13.8 Å². The molecule has 3 aromatic rings. The number of hydrogen-bond acceptors (Lipinski definition) is 4. The number of H-pyrrole nitrogens is 1. The van der Waals surface area contributed by atoms with E-state index in [-0.39, 0.29) is 5.56 Å². The highest BCUT2D eigenvalue weighted by Gasteiger charge is 2.06.